The summed E-state index contributed by atoms with van der Waals surface area (Å²) in [6.07, 6.45) is 5.46. The van der Waals surface area contributed by atoms with Crippen LogP contribution in [0, 0.1) is 0 Å². The van der Waals surface area contributed by atoms with Gasteiger partial charge in [-0.05, 0) is 36.8 Å². The number of halogens is 3. The molecule has 0 atom stereocenters. The number of hydrogen-bond acceptors (Lipinski definition) is 7. The van der Waals surface area contributed by atoms with Gasteiger partial charge in [0, 0.05) is 13.1 Å². The Hall–Kier alpha value is -1.38. The number of aromatic nitrogens is 2. The summed E-state index contributed by atoms with van der Waals surface area (Å²) in [6.45, 7) is 2.10. The number of anilines is 2. The number of thiophene rings is 1. The average Bonchev–Trinajstić information content (AvgIpc) is 3.36. The zero-order valence-electron chi connectivity index (χ0n) is 14.7. The van der Waals surface area contributed by atoms with Crippen LogP contribution in [0.3, 0.4) is 0 Å². The van der Waals surface area contributed by atoms with Crippen LogP contribution in [0.5, 0.6) is 0 Å². The van der Waals surface area contributed by atoms with Gasteiger partial charge in [0.15, 0.2) is 10.9 Å². The van der Waals surface area contributed by atoms with Crippen LogP contribution in [0.15, 0.2) is 28.7 Å². The molecule has 0 unspecified atom stereocenters. The maximum absolute atomic E-state index is 6.14. The summed E-state index contributed by atoms with van der Waals surface area (Å²) in [7, 11) is 0. The minimum absolute atomic E-state index is 0.174. The van der Waals surface area contributed by atoms with Crippen LogP contribution in [0.1, 0.15) is 24.1 Å². The number of nitrogens with one attached hydrogen (secondary N) is 1. The summed E-state index contributed by atoms with van der Waals surface area (Å²) in [5.74, 6) is 0.353. The Kier molecular flexibility index (Phi) is 6.38. The van der Waals surface area contributed by atoms with Crippen molar-refractivity contribution in [1.29, 1.82) is 0 Å². The Morgan fingerprint density at radius 2 is 1.93 bits per heavy atom. The molecule has 3 aromatic heterocycles. The number of pyridine rings is 1. The molecule has 1 aliphatic heterocycles. The third-order valence-electron chi connectivity index (χ3n) is 4.26. The van der Waals surface area contributed by atoms with Crippen LogP contribution in [-0.4, -0.2) is 29.3 Å². The largest absolute Gasteiger partial charge is 0.348 e. The maximum Gasteiger partial charge on any atom is 0.186 e. The molecule has 4 rings (SSSR count). The molecule has 0 aromatic carbocycles. The molecular weight excluding hydrogens is 457 g/mol. The molecule has 0 bridgehead atoms. The molecule has 0 amide bonds. The molecule has 1 aliphatic rings. The average molecular weight is 473 g/mol. The number of hydrazone groups is 1. The fourth-order valence-electron chi connectivity index (χ4n) is 2.89. The van der Waals surface area contributed by atoms with Crippen molar-refractivity contribution in [3.05, 3.63) is 43.7 Å². The fraction of sp³-hybridized carbons (Fsp3) is 0.278. The van der Waals surface area contributed by atoms with E-state index in [1.54, 1.807) is 28.9 Å². The fourth-order valence-corrected chi connectivity index (χ4v) is 5.23. The van der Waals surface area contributed by atoms with E-state index in [2.05, 4.69) is 26.5 Å². The minimum Gasteiger partial charge on any atom is -0.348 e. The summed E-state index contributed by atoms with van der Waals surface area (Å²) in [5, 5.41) is 8.22. The molecule has 1 N–H and O–H groups in total. The topological polar surface area (TPSA) is 53.4 Å². The zero-order chi connectivity index (χ0) is 19.5. The number of hydrogen-bond donors (Lipinski definition) is 1. The van der Waals surface area contributed by atoms with E-state index in [0.29, 0.717) is 15.9 Å². The lowest BCUT2D eigenvalue weighted by atomic mass is 10.1. The van der Waals surface area contributed by atoms with Gasteiger partial charge in [0.05, 0.1) is 26.0 Å². The Bertz CT molecular complexity index is 982. The predicted octanol–water partition coefficient (Wildman–Crippen LogP) is 6.66. The highest BCUT2D eigenvalue weighted by Gasteiger charge is 2.19. The lowest BCUT2D eigenvalue weighted by Gasteiger charge is -2.25. The van der Waals surface area contributed by atoms with E-state index in [-0.39, 0.29) is 5.15 Å². The first-order chi connectivity index (χ1) is 13.6. The van der Waals surface area contributed by atoms with E-state index in [0.717, 1.165) is 33.7 Å². The number of nitrogens with zero attached hydrogens (tertiary/aromatic N) is 4. The van der Waals surface area contributed by atoms with E-state index in [9.17, 15) is 0 Å². The molecule has 3 aromatic rings. The highest BCUT2D eigenvalue weighted by Crippen LogP contribution is 2.35. The molecule has 0 aliphatic carbocycles. The van der Waals surface area contributed by atoms with Gasteiger partial charge in [0.25, 0.3) is 0 Å². The molecule has 28 heavy (non-hydrogen) atoms. The molecule has 146 valence electrons. The van der Waals surface area contributed by atoms with Gasteiger partial charge in [-0.3, -0.25) is 5.43 Å². The van der Waals surface area contributed by atoms with Crippen LogP contribution in [0.4, 0.5) is 10.9 Å². The first-order valence-corrected chi connectivity index (χ1v) is 11.5. The molecule has 4 heterocycles. The molecule has 1 fully saturated rings. The van der Waals surface area contributed by atoms with Crippen molar-refractivity contribution in [3.63, 3.8) is 0 Å². The van der Waals surface area contributed by atoms with Crippen molar-refractivity contribution in [2.45, 2.75) is 19.3 Å². The normalized spacial score (nSPS) is 14.8. The van der Waals surface area contributed by atoms with Crippen molar-refractivity contribution >= 4 is 74.6 Å². The lowest BCUT2D eigenvalue weighted by Crippen LogP contribution is -2.29. The molecule has 0 radical (unpaired) electrons. The smallest absolute Gasteiger partial charge is 0.186 e. The van der Waals surface area contributed by atoms with Crippen LogP contribution in [0.25, 0.3) is 10.6 Å². The van der Waals surface area contributed by atoms with Gasteiger partial charge in [0.2, 0.25) is 0 Å². The molecule has 1 saturated heterocycles. The van der Waals surface area contributed by atoms with Gasteiger partial charge < -0.3 is 4.90 Å². The summed E-state index contributed by atoms with van der Waals surface area (Å²) in [4.78, 5) is 13.5. The Balaban J connectivity index is 1.60. The number of rotatable bonds is 5. The minimum atomic E-state index is 0.174. The van der Waals surface area contributed by atoms with Crippen molar-refractivity contribution < 1.29 is 0 Å². The van der Waals surface area contributed by atoms with Crippen LogP contribution < -0.4 is 10.3 Å². The highest BCUT2D eigenvalue weighted by molar-refractivity contribution is 7.18. The standard InChI is InChI=1S/C18H16Cl3N5S2/c19-11-9-12(20)17(24-16(11)21)25-22-10-14-15(13-5-4-8-27-13)23-18(28-14)26-6-2-1-3-7-26/h4-5,8-10H,1-3,6-7H2,(H,24,25)/b22-10-. The van der Waals surface area contributed by atoms with Crippen molar-refractivity contribution in [1.82, 2.24) is 9.97 Å². The number of thiazole rings is 1. The van der Waals surface area contributed by atoms with E-state index >= 15 is 0 Å². The summed E-state index contributed by atoms with van der Waals surface area (Å²) >= 11 is 21.3. The van der Waals surface area contributed by atoms with Crippen LogP contribution in [-0.2, 0) is 0 Å². The molecule has 0 saturated carbocycles. The molecule has 5 nitrogen and oxygen atoms in total. The van der Waals surface area contributed by atoms with Crippen LogP contribution in [0.2, 0.25) is 15.2 Å². The van der Waals surface area contributed by atoms with Crippen LogP contribution >= 0.6 is 57.5 Å². The van der Waals surface area contributed by atoms with E-state index in [1.165, 1.54) is 25.3 Å². The monoisotopic (exact) mass is 471 g/mol. The second-order valence-corrected chi connectivity index (χ2v) is 9.32. The SMILES string of the molecule is Clc1cc(Cl)c(N/N=C\c2sc(N3CCCCC3)nc2-c2cccs2)nc1Cl. The summed E-state index contributed by atoms with van der Waals surface area (Å²) in [5.41, 5.74) is 3.79. The van der Waals surface area contributed by atoms with E-state index in [4.69, 9.17) is 39.8 Å². The molecule has 10 heteroatoms. The lowest BCUT2D eigenvalue weighted by molar-refractivity contribution is 0.577. The molecule has 0 spiro atoms. The van der Waals surface area contributed by atoms with Gasteiger partial charge in [-0.25, -0.2) is 9.97 Å². The first-order valence-electron chi connectivity index (χ1n) is 8.72. The van der Waals surface area contributed by atoms with Gasteiger partial charge in [-0.1, -0.05) is 52.2 Å². The maximum atomic E-state index is 6.14. The molecular formula is C18H16Cl3N5S2. The Labute approximate surface area is 186 Å². The van der Waals surface area contributed by atoms with Crippen molar-refractivity contribution in [2.75, 3.05) is 23.4 Å². The van der Waals surface area contributed by atoms with Gasteiger partial charge in [0.1, 0.15) is 10.8 Å². The van der Waals surface area contributed by atoms with Crippen molar-refractivity contribution in [3.8, 4) is 10.6 Å². The van der Waals surface area contributed by atoms with Gasteiger partial charge in [-0.2, -0.15) is 5.10 Å². The van der Waals surface area contributed by atoms with E-state index < -0.39 is 0 Å². The predicted molar refractivity (Wildman–Crippen MR) is 122 cm³/mol. The summed E-state index contributed by atoms with van der Waals surface area (Å²) in [6, 6.07) is 5.63. The second-order valence-electron chi connectivity index (χ2n) is 6.20. The van der Waals surface area contributed by atoms with Gasteiger partial charge in [-0.15, -0.1) is 11.3 Å². The summed E-state index contributed by atoms with van der Waals surface area (Å²) < 4.78 is 0. The van der Waals surface area contributed by atoms with E-state index in [1.807, 2.05) is 11.4 Å². The second kappa shape index (κ2) is 8.97. The Morgan fingerprint density at radius 3 is 2.68 bits per heavy atom. The Morgan fingerprint density at radius 1 is 1.11 bits per heavy atom. The first kappa shape index (κ1) is 19.9. The third-order valence-corrected chi connectivity index (χ3v) is 7.15. The van der Waals surface area contributed by atoms with Crippen molar-refractivity contribution in [2.24, 2.45) is 5.10 Å². The third kappa shape index (κ3) is 4.44. The quantitative estimate of drug-likeness (QED) is 0.256. The number of piperidine rings is 1. The van der Waals surface area contributed by atoms with Gasteiger partial charge >= 0.3 is 0 Å². The zero-order valence-corrected chi connectivity index (χ0v) is 18.6. The highest BCUT2D eigenvalue weighted by atomic mass is 35.5.